The molecule has 0 aromatic heterocycles. The Morgan fingerprint density at radius 2 is 1.79 bits per heavy atom. The maximum Gasteiger partial charge on any atom is 0.241 e. The summed E-state index contributed by atoms with van der Waals surface area (Å²) in [5, 5.41) is 0. The molecule has 0 bridgehead atoms. The van der Waals surface area contributed by atoms with Crippen molar-refractivity contribution in [2.45, 2.75) is 56.9 Å². The van der Waals surface area contributed by atoms with Gasteiger partial charge in [-0.15, -0.1) is 0 Å². The standard InChI is InChI=1S/C14H22N2O2S/c1-14(2,3)16-19(17,18)11-8-10-6-4-5-7-12(10)13(15)9-11/h8-9,16H,4-7,15H2,1-3H3. The molecule has 0 radical (unpaired) electrons. The molecule has 0 spiro atoms. The van der Waals surface area contributed by atoms with Gasteiger partial charge in [0.25, 0.3) is 0 Å². The first-order valence-electron chi connectivity index (χ1n) is 6.64. The molecule has 3 N–H and O–H groups in total. The van der Waals surface area contributed by atoms with Crippen LogP contribution >= 0.6 is 0 Å². The summed E-state index contributed by atoms with van der Waals surface area (Å²) in [5.74, 6) is 0. The Bertz CT molecular complexity index is 586. The topological polar surface area (TPSA) is 72.2 Å². The number of anilines is 1. The minimum atomic E-state index is -3.50. The van der Waals surface area contributed by atoms with E-state index in [1.54, 1.807) is 12.1 Å². The van der Waals surface area contributed by atoms with Gasteiger partial charge in [0.1, 0.15) is 0 Å². The van der Waals surface area contributed by atoms with Gasteiger partial charge in [0, 0.05) is 11.2 Å². The molecule has 0 atom stereocenters. The van der Waals surface area contributed by atoms with Crippen LogP contribution in [0.4, 0.5) is 5.69 Å². The summed E-state index contributed by atoms with van der Waals surface area (Å²) < 4.78 is 27.3. The molecule has 2 rings (SSSR count). The van der Waals surface area contributed by atoms with Crippen molar-refractivity contribution in [3.63, 3.8) is 0 Å². The van der Waals surface area contributed by atoms with Gasteiger partial charge < -0.3 is 5.73 Å². The molecular weight excluding hydrogens is 260 g/mol. The molecule has 19 heavy (non-hydrogen) atoms. The third kappa shape index (κ3) is 3.28. The van der Waals surface area contributed by atoms with E-state index in [1.807, 2.05) is 20.8 Å². The number of fused-ring (bicyclic) bond motifs is 1. The lowest BCUT2D eigenvalue weighted by molar-refractivity contribution is 0.491. The molecule has 0 fully saturated rings. The van der Waals surface area contributed by atoms with Crippen LogP contribution in [0.2, 0.25) is 0 Å². The Labute approximate surface area is 115 Å². The molecule has 0 unspecified atom stereocenters. The van der Waals surface area contributed by atoms with E-state index in [0.29, 0.717) is 5.69 Å². The third-order valence-electron chi connectivity index (χ3n) is 3.22. The highest BCUT2D eigenvalue weighted by Gasteiger charge is 2.24. The van der Waals surface area contributed by atoms with Crippen molar-refractivity contribution in [3.8, 4) is 0 Å². The first-order chi connectivity index (χ1) is 8.69. The summed E-state index contributed by atoms with van der Waals surface area (Å²) in [7, 11) is -3.50. The predicted molar refractivity (Wildman–Crippen MR) is 77.6 cm³/mol. The van der Waals surface area contributed by atoms with Crippen LogP contribution in [0.1, 0.15) is 44.7 Å². The number of benzene rings is 1. The summed E-state index contributed by atoms with van der Waals surface area (Å²) >= 11 is 0. The quantitative estimate of drug-likeness (QED) is 0.817. The van der Waals surface area contributed by atoms with Crippen LogP contribution in [-0.4, -0.2) is 14.0 Å². The van der Waals surface area contributed by atoms with Crippen LogP contribution in [-0.2, 0) is 22.9 Å². The monoisotopic (exact) mass is 282 g/mol. The summed E-state index contributed by atoms with van der Waals surface area (Å²) in [5.41, 5.74) is 8.33. The SMILES string of the molecule is CC(C)(C)NS(=O)(=O)c1cc(N)c2c(c1)CCCC2. The molecule has 1 aliphatic carbocycles. The van der Waals surface area contributed by atoms with Gasteiger partial charge >= 0.3 is 0 Å². The molecule has 0 saturated heterocycles. The Balaban J connectivity index is 2.44. The van der Waals surface area contributed by atoms with E-state index in [4.69, 9.17) is 5.73 Å². The largest absolute Gasteiger partial charge is 0.398 e. The molecule has 1 aliphatic rings. The van der Waals surface area contributed by atoms with Crippen LogP contribution < -0.4 is 10.5 Å². The summed E-state index contributed by atoms with van der Waals surface area (Å²) in [6, 6.07) is 3.36. The minimum absolute atomic E-state index is 0.278. The van der Waals surface area contributed by atoms with Crippen molar-refractivity contribution < 1.29 is 8.42 Å². The second-order valence-electron chi connectivity index (χ2n) is 6.21. The van der Waals surface area contributed by atoms with E-state index in [1.165, 1.54) is 0 Å². The van der Waals surface area contributed by atoms with Crippen molar-refractivity contribution in [3.05, 3.63) is 23.3 Å². The molecule has 0 heterocycles. The molecular formula is C14H22N2O2S. The zero-order chi connectivity index (χ0) is 14.3. The van der Waals surface area contributed by atoms with Crippen molar-refractivity contribution in [2.24, 2.45) is 0 Å². The maximum absolute atomic E-state index is 12.3. The van der Waals surface area contributed by atoms with E-state index in [9.17, 15) is 8.42 Å². The fourth-order valence-electron chi connectivity index (χ4n) is 2.49. The zero-order valence-electron chi connectivity index (χ0n) is 11.8. The molecule has 0 amide bonds. The number of hydrogen-bond donors (Lipinski definition) is 2. The fourth-order valence-corrected chi connectivity index (χ4v) is 3.99. The molecule has 0 saturated carbocycles. The number of rotatable bonds is 2. The first kappa shape index (κ1) is 14.3. The van der Waals surface area contributed by atoms with Crippen molar-refractivity contribution in [1.29, 1.82) is 0 Å². The lowest BCUT2D eigenvalue weighted by atomic mass is 9.91. The van der Waals surface area contributed by atoms with Gasteiger partial charge in [-0.25, -0.2) is 13.1 Å². The molecule has 106 valence electrons. The lowest BCUT2D eigenvalue weighted by Gasteiger charge is -2.23. The van der Waals surface area contributed by atoms with Gasteiger partial charge in [0.15, 0.2) is 0 Å². The lowest BCUT2D eigenvalue weighted by Crippen LogP contribution is -2.40. The predicted octanol–water partition coefficient (Wildman–Crippen LogP) is 2.22. The van der Waals surface area contributed by atoms with Gasteiger partial charge in [0.05, 0.1) is 4.90 Å². The molecule has 0 aliphatic heterocycles. The van der Waals surface area contributed by atoms with Crippen LogP contribution in [0.5, 0.6) is 0 Å². The van der Waals surface area contributed by atoms with E-state index >= 15 is 0 Å². The first-order valence-corrected chi connectivity index (χ1v) is 8.13. The number of aryl methyl sites for hydroxylation is 1. The highest BCUT2D eigenvalue weighted by molar-refractivity contribution is 7.89. The van der Waals surface area contributed by atoms with E-state index in [-0.39, 0.29) is 4.90 Å². The number of sulfonamides is 1. The van der Waals surface area contributed by atoms with Gasteiger partial charge in [-0.3, -0.25) is 0 Å². The van der Waals surface area contributed by atoms with Gasteiger partial charge in [-0.1, -0.05) is 0 Å². The second kappa shape index (κ2) is 4.80. The fraction of sp³-hybridized carbons (Fsp3) is 0.571. The Morgan fingerprint density at radius 3 is 2.42 bits per heavy atom. The van der Waals surface area contributed by atoms with Gasteiger partial charge in [-0.05, 0) is 69.7 Å². The normalized spacial score (nSPS) is 16.2. The summed E-state index contributed by atoms with van der Waals surface area (Å²) in [4.78, 5) is 0.278. The summed E-state index contributed by atoms with van der Waals surface area (Å²) in [6.45, 7) is 5.48. The number of nitrogens with one attached hydrogen (secondary N) is 1. The van der Waals surface area contributed by atoms with Crippen LogP contribution in [0.25, 0.3) is 0 Å². The van der Waals surface area contributed by atoms with Crippen molar-refractivity contribution in [2.75, 3.05) is 5.73 Å². The Hall–Kier alpha value is -1.07. The Morgan fingerprint density at radius 1 is 1.16 bits per heavy atom. The summed E-state index contributed by atoms with van der Waals surface area (Å²) in [6.07, 6.45) is 4.10. The average molecular weight is 282 g/mol. The van der Waals surface area contributed by atoms with Crippen LogP contribution in [0.3, 0.4) is 0 Å². The number of hydrogen-bond acceptors (Lipinski definition) is 3. The van der Waals surface area contributed by atoms with Crippen LogP contribution in [0.15, 0.2) is 17.0 Å². The van der Waals surface area contributed by atoms with E-state index in [2.05, 4.69) is 4.72 Å². The van der Waals surface area contributed by atoms with Crippen molar-refractivity contribution in [1.82, 2.24) is 4.72 Å². The number of nitrogens with two attached hydrogens (primary N) is 1. The molecule has 1 aromatic carbocycles. The second-order valence-corrected chi connectivity index (χ2v) is 7.90. The number of nitrogen functional groups attached to an aromatic ring is 1. The molecule has 4 nitrogen and oxygen atoms in total. The van der Waals surface area contributed by atoms with Crippen LogP contribution in [0, 0.1) is 0 Å². The van der Waals surface area contributed by atoms with Crippen molar-refractivity contribution >= 4 is 15.7 Å². The maximum atomic E-state index is 12.3. The zero-order valence-corrected chi connectivity index (χ0v) is 12.6. The highest BCUT2D eigenvalue weighted by atomic mass is 32.2. The third-order valence-corrected chi connectivity index (χ3v) is 4.96. The smallest absolute Gasteiger partial charge is 0.241 e. The molecule has 1 aromatic rings. The average Bonchev–Trinajstić information content (AvgIpc) is 2.26. The Kier molecular flexibility index (Phi) is 3.62. The highest BCUT2D eigenvalue weighted by Crippen LogP contribution is 2.29. The van der Waals surface area contributed by atoms with Gasteiger partial charge in [0.2, 0.25) is 10.0 Å². The minimum Gasteiger partial charge on any atom is -0.398 e. The molecule has 5 heteroatoms. The van der Waals surface area contributed by atoms with Gasteiger partial charge in [-0.2, -0.15) is 0 Å². The van der Waals surface area contributed by atoms with E-state index < -0.39 is 15.6 Å². The van der Waals surface area contributed by atoms with E-state index in [0.717, 1.165) is 36.8 Å².